The van der Waals surface area contributed by atoms with Gasteiger partial charge in [-0.3, -0.25) is 4.79 Å². The van der Waals surface area contributed by atoms with E-state index in [1.807, 2.05) is 6.92 Å². The first kappa shape index (κ1) is 16.1. The number of nitrogens with zero attached hydrogens (tertiary/aromatic N) is 1. The van der Waals surface area contributed by atoms with E-state index in [4.69, 9.17) is 23.2 Å². The van der Waals surface area contributed by atoms with Crippen LogP contribution in [0.25, 0.3) is 0 Å². The average Bonchev–Trinajstić information content (AvgIpc) is 2.41. The van der Waals surface area contributed by atoms with E-state index in [1.54, 1.807) is 24.3 Å². The van der Waals surface area contributed by atoms with Gasteiger partial charge in [0.25, 0.3) is 5.91 Å². The average molecular weight is 389 g/mol. The number of carbonyl (C=O) groups excluding carboxylic acids is 1. The van der Waals surface area contributed by atoms with Crippen LogP contribution in [-0.4, -0.2) is 17.4 Å². The number of nitrogens with one attached hydrogen (secondary N) is 2. The lowest BCUT2D eigenvalue weighted by atomic mass is 10.2. The Morgan fingerprint density at radius 2 is 2.05 bits per heavy atom. The lowest BCUT2D eigenvalue weighted by molar-refractivity contribution is 0.102. The highest BCUT2D eigenvalue weighted by Gasteiger charge is 2.11. The Morgan fingerprint density at radius 3 is 2.71 bits per heavy atom. The first-order valence-corrected chi connectivity index (χ1v) is 7.72. The number of aromatic nitrogens is 1. The first-order valence-electron chi connectivity index (χ1n) is 6.17. The molecule has 1 aromatic heterocycles. The molecule has 21 heavy (non-hydrogen) atoms. The van der Waals surface area contributed by atoms with Crippen molar-refractivity contribution in [2.75, 3.05) is 17.2 Å². The quantitative estimate of drug-likeness (QED) is 0.737. The molecule has 2 rings (SSSR count). The molecule has 2 aromatic rings. The highest BCUT2D eigenvalue weighted by Crippen LogP contribution is 2.26. The molecule has 1 heterocycles. The van der Waals surface area contributed by atoms with Crippen molar-refractivity contribution in [3.05, 3.63) is 50.5 Å². The third kappa shape index (κ3) is 4.33. The molecule has 0 unspecified atom stereocenters. The second kappa shape index (κ2) is 7.11. The summed E-state index contributed by atoms with van der Waals surface area (Å²) in [4.78, 5) is 16.3. The fraction of sp³-hybridized carbons (Fsp3) is 0.143. The summed E-state index contributed by atoms with van der Waals surface area (Å²) in [5.41, 5.74) is 0.938. The van der Waals surface area contributed by atoms with Gasteiger partial charge in [-0.05, 0) is 37.3 Å². The minimum atomic E-state index is -0.303. The van der Waals surface area contributed by atoms with Gasteiger partial charge in [-0.15, -0.1) is 0 Å². The summed E-state index contributed by atoms with van der Waals surface area (Å²) in [6.07, 6.45) is 0. The van der Waals surface area contributed by atoms with Crippen LogP contribution in [0.3, 0.4) is 0 Å². The van der Waals surface area contributed by atoms with Gasteiger partial charge in [0.15, 0.2) is 0 Å². The number of carbonyl (C=O) groups is 1. The Morgan fingerprint density at radius 1 is 1.29 bits per heavy atom. The van der Waals surface area contributed by atoms with E-state index in [-0.39, 0.29) is 11.1 Å². The molecular weight excluding hydrogens is 377 g/mol. The number of benzene rings is 1. The minimum absolute atomic E-state index is 0.250. The van der Waals surface area contributed by atoms with Gasteiger partial charge in [0.1, 0.15) is 11.0 Å². The SMILES string of the molecule is CCNc1cc(C(=O)Nc2ccc(Br)cc2Cl)cc(Cl)n1. The summed E-state index contributed by atoms with van der Waals surface area (Å²) in [5, 5.41) is 6.46. The Labute approximate surface area is 141 Å². The van der Waals surface area contributed by atoms with Crippen LogP contribution in [0, 0.1) is 0 Å². The van der Waals surface area contributed by atoms with E-state index >= 15 is 0 Å². The van der Waals surface area contributed by atoms with Gasteiger partial charge in [-0.2, -0.15) is 0 Å². The highest BCUT2D eigenvalue weighted by atomic mass is 79.9. The Kier molecular flexibility index (Phi) is 5.45. The molecule has 0 fully saturated rings. The Balaban J connectivity index is 2.23. The van der Waals surface area contributed by atoms with Crippen molar-refractivity contribution in [3.63, 3.8) is 0 Å². The lowest BCUT2D eigenvalue weighted by Crippen LogP contribution is -2.13. The summed E-state index contributed by atoms with van der Waals surface area (Å²) in [6.45, 7) is 2.62. The van der Waals surface area contributed by atoms with Gasteiger partial charge >= 0.3 is 0 Å². The summed E-state index contributed by atoms with van der Waals surface area (Å²) in [6, 6.07) is 8.37. The van der Waals surface area contributed by atoms with Gasteiger partial charge in [0, 0.05) is 16.6 Å². The van der Waals surface area contributed by atoms with Gasteiger partial charge < -0.3 is 10.6 Å². The molecule has 0 bridgehead atoms. The third-order valence-corrected chi connectivity index (χ3v) is 3.59. The molecule has 7 heteroatoms. The second-order valence-electron chi connectivity index (χ2n) is 4.17. The van der Waals surface area contributed by atoms with Crippen molar-refractivity contribution in [3.8, 4) is 0 Å². The van der Waals surface area contributed by atoms with Crippen molar-refractivity contribution in [1.29, 1.82) is 0 Å². The normalized spacial score (nSPS) is 10.3. The second-order valence-corrected chi connectivity index (χ2v) is 5.88. The smallest absolute Gasteiger partial charge is 0.255 e. The molecule has 0 saturated heterocycles. The number of anilines is 2. The van der Waals surface area contributed by atoms with E-state index in [2.05, 4.69) is 31.5 Å². The van der Waals surface area contributed by atoms with Crippen molar-refractivity contribution in [2.45, 2.75) is 6.92 Å². The van der Waals surface area contributed by atoms with E-state index in [0.29, 0.717) is 28.6 Å². The molecule has 1 amide bonds. The molecule has 0 atom stereocenters. The van der Waals surface area contributed by atoms with Crippen LogP contribution in [-0.2, 0) is 0 Å². The van der Waals surface area contributed by atoms with Crippen LogP contribution < -0.4 is 10.6 Å². The number of pyridine rings is 1. The largest absolute Gasteiger partial charge is 0.370 e. The molecule has 0 aliphatic rings. The standard InChI is InChI=1S/C14H12BrCl2N3O/c1-2-18-13-6-8(5-12(17)20-13)14(21)19-11-4-3-9(15)7-10(11)16/h3-7H,2H2,1H3,(H,18,20)(H,19,21). The number of rotatable bonds is 4. The van der Waals surface area contributed by atoms with Gasteiger partial charge in [-0.25, -0.2) is 4.98 Å². The number of hydrogen-bond acceptors (Lipinski definition) is 3. The van der Waals surface area contributed by atoms with Crippen LogP contribution in [0.15, 0.2) is 34.8 Å². The zero-order valence-corrected chi connectivity index (χ0v) is 14.2. The van der Waals surface area contributed by atoms with Crippen LogP contribution in [0.4, 0.5) is 11.5 Å². The van der Waals surface area contributed by atoms with Gasteiger partial charge in [0.2, 0.25) is 0 Å². The molecule has 0 saturated carbocycles. The summed E-state index contributed by atoms with van der Waals surface area (Å²) in [7, 11) is 0. The highest BCUT2D eigenvalue weighted by molar-refractivity contribution is 9.10. The molecular formula is C14H12BrCl2N3O. The molecule has 0 aliphatic carbocycles. The summed E-state index contributed by atoms with van der Waals surface area (Å²) in [5.74, 6) is 0.250. The number of amides is 1. The van der Waals surface area contributed by atoms with Crippen molar-refractivity contribution < 1.29 is 4.79 Å². The van der Waals surface area contributed by atoms with Crippen LogP contribution in [0.5, 0.6) is 0 Å². The molecule has 4 nitrogen and oxygen atoms in total. The fourth-order valence-electron chi connectivity index (χ4n) is 1.69. The topological polar surface area (TPSA) is 54.0 Å². The van der Waals surface area contributed by atoms with Gasteiger partial charge in [-0.1, -0.05) is 39.1 Å². The fourth-order valence-corrected chi connectivity index (χ4v) is 2.61. The summed E-state index contributed by atoms with van der Waals surface area (Å²) >= 11 is 15.3. The molecule has 2 N–H and O–H groups in total. The van der Waals surface area contributed by atoms with Crippen molar-refractivity contribution in [1.82, 2.24) is 4.98 Å². The monoisotopic (exact) mass is 387 g/mol. The lowest BCUT2D eigenvalue weighted by Gasteiger charge is -2.09. The summed E-state index contributed by atoms with van der Waals surface area (Å²) < 4.78 is 0.840. The zero-order valence-electron chi connectivity index (χ0n) is 11.1. The van der Waals surface area contributed by atoms with Crippen molar-refractivity contribution in [2.24, 2.45) is 0 Å². The maximum atomic E-state index is 12.3. The third-order valence-electron chi connectivity index (χ3n) is 2.59. The molecule has 0 spiro atoms. The zero-order chi connectivity index (χ0) is 15.4. The predicted octanol–water partition coefficient (Wildman–Crippen LogP) is 4.84. The van der Waals surface area contributed by atoms with E-state index in [9.17, 15) is 4.79 Å². The van der Waals surface area contributed by atoms with Crippen LogP contribution in [0.2, 0.25) is 10.2 Å². The predicted molar refractivity (Wildman–Crippen MR) is 90.5 cm³/mol. The maximum Gasteiger partial charge on any atom is 0.255 e. The van der Waals surface area contributed by atoms with Crippen LogP contribution >= 0.6 is 39.1 Å². The van der Waals surface area contributed by atoms with Crippen molar-refractivity contribution >= 4 is 56.5 Å². The van der Waals surface area contributed by atoms with E-state index in [1.165, 1.54) is 6.07 Å². The molecule has 1 aromatic carbocycles. The Hall–Kier alpha value is -1.30. The molecule has 110 valence electrons. The first-order chi connectivity index (χ1) is 9.99. The molecule has 0 aliphatic heterocycles. The number of halogens is 3. The number of hydrogen-bond donors (Lipinski definition) is 2. The van der Waals surface area contributed by atoms with E-state index in [0.717, 1.165) is 4.47 Å². The maximum absolute atomic E-state index is 12.3. The van der Waals surface area contributed by atoms with E-state index < -0.39 is 0 Å². The van der Waals surface area contributed by atoms with Gasteiger partial charge in [0.05, 0.1) is 10.7 Å². The Bertz CT molecular complexity index is 679. The molecule has 0 radical (unpaired) electrons. The van der Waals surface area contributed by atoms with Crippen LogP contribution in [0.1, 0.15) is 17.3 Å². The minimum Gasteiger partial charge on any atom is -0.370 e.